The van der Waals surface area contributed by atoms with Crippen molar-refractivity contribution in [3.8, 4) is 0 Å². The maximum absolute atomic E-state index is 13.1. The van der Waals surface area contributed by atoms with E-state index in [2.05, 4.69) is 10.3 Å². The topological polar surface area (TPSA) is 78.3 Å². The monoisotopic (exact) mass is 435 g/mol. The number of nitrogens with one attached hydrogen (secondary N) is 2. The van der Waals surface area contributed by atoms with Crippen LogP contribution in [0.4, 0.5) is 10.5 Å². The maximum Gasteiger partial charge on any atom is 0.322 e. The fourth-order valence-corrected chi connectivity index (χ4v) is 3.69. The highest BCUT2D eigenvalue weighted by molar-refractivity contribution is 6.30. The zero-order valence-corrected chi connectivity index (χ0v) is 18.0. The van der Waals surface area contributed by atoms with Crippen LogP contribution in [0.5, 0.6) is 0 Å². The second-order valence-corrected chi connectivity index (χ2v) is 7.92. The van der Waals surface area contributed by atoms with Crippen LogP contribution in [0.15, 0.2) is 70.1 Å². The molecule has 2 aromatic heterocycles. The lowest BCUT2D eigenvalue weighted by Crippen LogP contribution is -2.35. The van der Waals surface area contributed by atoms with E-state index in [-0.39, 0.29) is 24.7 Å². The van der Waals surface area contributed by atoms with E-state index < -0.39 is 0 Å². The van der Waals surface area contributed by atoms with Crippen molar-refractivity contribution in [2.24, 2.45) is 0 Å². The molecule has 4 rings (SSSR count). The van der Waals surface area contributed by atoms with Crippen molar-refractivity contribution < 1.29 is 9.21 Å². The van der Waals surface area contributed by atoms with E-state index in [0.717, 1.165) is 22.0 Å². The van der Waals surface area contributed by atoms with E-state index in [1.165, 1.54) is 4.90 Å². The first-order valence-corrected chi connectivity index (χ1v) is 10.2. The number of hydrogen-bond donors (Lipinski definition) is 2. The molecule has 2 heterocycles. The van der Waals surface area contributed by atoms with Gasteiger partial charge in [0.05, 0.1) is 24.9 Å². The summed E-state index contributed by atoms with van der Waals surface area (Å²) in [5.41, 5.74) is 3.71. The molecule has 4 aromatic rings. The van der Waals surface area contributed by atoms with Crippen LogP contribution in [0.2, 0.25) is 5.02 Å². The van der Waals surface area contributed by atoms with E-state index >= 15 is 0 Å². The van der Waals surface area contributed by atoms with Gasteiger partial charge < -0.3 is 19.6 Å². The number of carbonyl (C=O) groups is 1. The molecule has 0 unspecified atom stereocenters. The number of aryl methyl sites for hydroxylation is 2. The van der Waals surface area contributed by atoms with Gasteiger partial charge in [-0.1, -0.05) is 29.8 Å². The first-order chi connectivity index (χ1) is 14.9. The molecule has 0 bridgehead atoms. The van der Waals surface area contributed by atoms with Crippen molar-refractivity contribution in [2.45, 2.75) is 26.9 Å². The largest absolute Gasteiger partial charge is 0.467 e. The molecule has 0 atom stereocenters. The summed E-state index contributed by atoms with van der Waals surface area (Å²) in [7, 11) is 0. The van der Waals surface area contributed by atoms with Crippen molar-refractivity contribution in [1.82, 2.24) is 9.88 Å². The van der Waals surface area contributed by atoms with Crippen LogP contribution >= 0.6 is 11.6 Å². The second kappa shape index (κ2) is 8.70. The van der Waals surface area contributed by atoms with Gasteiger partial charge in [-0.3, -0.25) is 4.79 Å². The summed E-state index contributed by atoms with van der Waals surface area (Å²) in [6, 6.07) is 16.0. The number of amides is 2. The number of halogens is 1. The number of pyridine rings is 1. The van der Waals surface area contributed by atoms with E-state index in [9.17, 15) is 9.59 Å². The van der Waals surface area contributed by atoms with Crippen molar-refractivity contribution in [2.75, 3.05) is 5.32 Å². The quantitative estimate of drug-likeness (QED) is 0.426. The molecule has 0 radical (unpaired) electrons. The minimum absolute atomic E-state index is 0.117. The molecule has 0 fully saturated rings. The molecule has 7 heteroatoms. The third-order valence-corrected chi connectivity index (χ3v) is 5.41. The summed E-state index contributed by atoms with van der Waals surface area (Å²) in [5, 5.41) is 4.32. The van der Waals surface area contributed by atoms with Gasteiger partial charge in [-0.15, -0.1) is 0 Å². The maximum atomic E-state index is 13.1. The van der Waals surface area contributed by atoms with Gasteiger partial charge in [0.25, 0.3) is 5.56 Å². The highest BCUT2D eigenvalue weighted by Crippen LogP contribution is 2.21. The molecule has 0 aliphatic carbocycles. The van der Waals surface area contributed by atoms with Crippen LogP contribution in [-0.4, -0.2) is 15.9 Å². The van der Waals surface area contributed by atoms with Crippen LogP contribution in [0.25, 0.3) is 10.9 Å². The van der Waals surface area contributed by atoms with Gasteiger partial charge in [0.2, 0.25) is 0 Å². The van der Waals surface area contributed by atoms with Crippen molar-refractivity contribution in [3.63, 3.8) is 0 Å². The average Bonchev–Trinajstić information content (AvgIpc) is 3.24. The van der Waals surface area contributed by atoms with Gasteiger partial charge in [0.1, 0.15) is 5.76 Å². The minimum atomic E-state index is -0.362. The van der Waals surface area contributed by atoms with E-state index in [1.54, 1.807) is 42.7 Å². The van der Waals surface area contributed by atoms with Gasteiger partial charge >= 0.3 is 6.03 Å². The Morgan fingerprint density at radius 2 is 1.87 bits per heavy atom. The fraction of sp³-hybridized carbons (Fsp3) is 0.167. The Balaban J connectivity index is 1.67. The summed E-state index contributed by atoms with van der Waals surface area (Å²) < 4.78 is 5.43. The molecule has 0 saturated heterocycles. The van der Waals surface area contributed by atoms with Gasteiger partial charge in [0.15, 0.2) is 0 Å². The molecule has 31 heavy (non-hydrogen) atoms. The number of furan rings is 1. The zero-order valence-electron chi connectivity index (χ0n) is 17.2. The zero-order chi connectivity index (χ0) is 22.0. The van der Waals surface area contributed by atoms with E-state index in [1.807, 2.05) is 32.0 Å². The van der Waals surface area contributed by atoms with Gasteiger partial charge in [-0.2, -0.15) is 0 Å². The van der Waals surface area contributed by atoms with E-state index in [0.29, 0.717) is 22.0 Å². The molecule has 6 nitrogen and oxygen atoms in total. The second-order valence-electron chi connectivity index (χ2n) is 7.49. The molecule has 0 aliphatic heterocycles. The standard InChI is InChI=1S/C24H22ClN3O3/c1-15-8-9-16(2)22-21(15)11-17(23(29)27-22)13-28(14-20-7-4-10-31-20)24(30)26-19-6-3-5-18(25)12-19/h3-12H,13-14H2,1-2H3,(H,26,30)(H,27,29). The number of carbonyl (C=O) groups excluding carboxylic acids is 1. The molecule has 0 saturated carbocycles. The number of anilines is 1. The lowest BCUT2D eigenvalue weighted by atomic mass is 10.0. The number of H-pyrrole nitrogens is 1. The first-order valence-electron chi connectivity index (χ1n) is 9.86. The van der Waals surface area contributed by atoms with Crippen LogP contribution in [0.1, 0.15) is 22.5 Å². The lowest BCUT2D eigenvalue weighted by molar-refractivity contribution is 0.201. The summed E-state index contributed by atoms with van der Waals surface area (Å²) in [4.78, 5) is 30.4. The normalized spacial score (nSPS) is 10.9. The summed E-state index contributed by atoms with van der Waals surface area (Å²) in [6.07, 6.45) is 1.55. The SMILES string of the molecule is Cc1ccc(C)c2[nH]c(=O)c(CN(Cc3ccco3)C(=O)Nc3cccc(Cl)c3)cc12. The molecular weight excluding hydrogens is 414 g/mol. The number of fused-ring (bicyclic) bond motifs is 1. The Labute approximate surface area is 184 Å². The number of nitrogens with zero attached hydrogens (tertiary/aromatic N) is 1. The van der Waals surface area contributed by atoms with Crippen LogP contribution < -0.4 is 10.9 Å². The third kappa shape index (κ3) is 4.64. The highest BCUT2D eigenvalue weighted by Gasteiger charge is 2.19. The van der Waals surface area contributed by atoms with Crippen molar-refractivity contribution in [1.29, 1.82) is 0 Å². The number of aromatic amines is 1. The number of urea groups is 1. The number of aromatic nitrogens is 1. The number of benzene rings is 2. The van der Waals surface area contributed by atoms with Crippen molar-refractivity contribution >= 4 is 34.2 Å². The Morgan fingerprint density at radius 1 is 1.06 bits per heavy atom. The molecule has 2 aromatic carbocycles. The summed E-state index contributed by atoms with van der Waals surface area (Å²) in [6.45, 7) is 4.28. The molecule has 158 valence electrons. The molecular formula is C24H22ClN3O3. The summed E-state index contributed by atoms with van der Waals surface area (Å²) in [5.74, 6) is 0.616. The van der Waals surface area contributed by atoms with Gasteiger partial charge in [-0.05, 0) is 61.4 Å². The Morgan fingerprint density at radius 3 is 2.61 bits per heavy atom. The van der Waals surface area contributed by atoms with Crippen LogP contribution in [0.3, 0.4) is 0 Å². The first kappa shape index (κ1) is 20.8. The summed E-state index contributed by atoms with van der Waals surface area (Å²) >= 11 is 6.03. The smallest absolute Gasteiger partial charge is 0.322 e. The molecule has 0 aliphatic rings. The van der Waals surface area contributed by atoms with Crippen molar-refractivity contribution in [3.05, 3.63) is 98.7 Å². The van der Waals surface area contributed by atoms with Gasteiger partial charge in [-0.25, -0.2) is 4.79 Å². The number of rotatable bonds is 5. The highest BCUT2D eigenvalue weighted by atomic mass is 35.5. The molecule has 2 N–H and O–H groups in total. The minimum Gasteiger partial charge on any atom is -0.467 e. The van der Waals surface area contributed by atoms with Gasteiger partial charge in [0, 0.05) is 21.7 Å². The lowest BCUT2D eigenvalue weighted by Gasteiger charge is -2.22. The van der Waals surface area contributed by atoms with Crippen LogP contribution in [0, 0.1) is 13.8 Å². The fourth-order valence-electron chi connectivity index (χ4n) is 3.50. The number of hydrogen-bond acceptors (Lipinski definition) is 3. The predicted molar refractivity (Wildman–Crippen MR) is 122 cm³/mol. The van der Waals surface area contributed by atoms with Crippen LogP contribution in [-0.2, 0) is 13.1 Å². The Bertz CT molecular complexity index is 1300. The average molecular weight is 436 g/mol. The Hall–Kier alpha value is -3.51. The molecule has 0 spiro atoms. The third-order valence-electron chi connectivity index (χ3n) is 5.17. The predicted octanol–water partition coefficient (Wildman–Crippen LogP) is 5.63. The Kier molecular flexibility index (Phi) is 5.82. The van der Waals surface area contributed by atoms with E-state index in [4.69, 9.17) is 16.0 Å². The molecule has 2 amide bonds.